The third-order valence-corrected chi connectivity index (χ3v) is 3.46. The summed E-state index contributed by atoms with van der Waals surface area (Å²) in [6.45, 7) is 3.46. The molecular weight excluding hydrogens is 284 g/mol. The molecule has 6 nitrogen and oxygen atoms in total. The zero-order chi connectivity index (χ0) is 14.8. The van der Waals surface area contributed by atoms with E-state index in [4.69, 9.17) is 8.92 Å². The van der Waals surface area contributed by atoms with Crippen LogP contribution in [-0.2, 0) is 28.6 Å². The predicted octanol–water partition coefficient (Wildman–Crippen LogP) is 1.14. The van der Waals surface area contributed by atoms with Gasteiger partial charge < -0.3 is 9.47 Å². The van der Waals surface area contributed by atoms with Crippen LogP contribution in [0.2, 0.25) is 0 Å². The number of esters is 1. The first-order valence-corrected chi connectivity index (χ1v) is 7.28. The molecule has 0 saturated carbocycles. The van der Waals surface area contributed by atoms with Crippen molar-refractivity contribution < 1.29 is 26.9 Å². The van der Waals surface area contributed by atoms with Crippen molar-refractivity contribution in [1.29, 1.82) is 0 Å². The summed E-state index contributed by atoms with van der Waals surface area (Å²) in [5.41, 5.74) is 0. The van der Waals surface area contributed by atoms with Crippen molar-refractivity contribution in [3.8, 4) is 0 Å². The standard InChI is InChI=1S/C13H16O6S/c1-2-13(14)18-10-8-17-9-11-19-20(15,16)12-6-4-3-5-7-12/h2-7H,1,8-11H2. The number of rotatable bonds is 9. The van der Waals surface area contributed by atoms with Crippen molar-refractivity contribution in [2.45, 2.75) is 4.90 Å². The van der Waals surface area contributed by atoms with E-state index >= 15 is 0 Å². The van der Waals surface area contributed by atoms with Crippen molar-refractivity contribution in [3.63, 3.8) is 0 Å². The lowest BCUT2D eigenvalue weighted by Gasteiger charge is -2.06. The average Bonchev–Trinajstić information content (AvgIpc) is 2.46. The van der Waals surface area contributed by atoms with Crippen molar-refractivity contribution in [3.05, 3.63) is 43.0 Å². The molecule has 7 heteroatoms. The number of carbonyl (C=O) groups excluding carboxylic acids is 1. The van der Waals surface area contributed by atoms with Gasteiger partial charge in [-0.3, -0.25) is 4.18 Å². The second-order valence-corrected chi connectivity index (χ2v) is 5.19. The molecule has 0 radical (unpaired) electrons. The molecule has 0 aromatic heterocycles. The zero-order valence-electron chi connectivity index (χ0n) is 10.9. The molecule has 0 spiro atoms. The van der Waals surface area contributed by atoms with Crippen molar-refractivity contribution in [2.24, 2.45) is 0 Å². The fourth-order valence-electron chi connectivity index (χ4n) is 1.22. The van der Waals surface area contributed by atoms with Crippen LogP contribution in [0.25, 0.3) is 0 Å². The summed E-state index contributed by atoms with van der Waals surface area (Å²) < 4.78 is 37.9. The van der Waals surface area contributed by atoms with Crippen LogP contribution < -0.4 is 0 Å². The first-order chi connectivity index (χ1) is 9.56. The minimum Gasteiger partial charge on any atom is -0.460 e. The molecule has 0 N–H and O–H groups in total. The molecule has 0 fully saturated rings. The van der Waals surface area contributed by atoms with Crippen molar-refractivity contribution in [1.82, 2.24) is 0 Å². The molecule has 0 atom stereocenters. The Labute approximate surface area is 118 Å². The third kappa shape index (κ3) is 5.96. The van der Waals surface area contributed by atoms with Gasteiger partial charge in [0.25, 0.3) is 10.1 Å². The second-order valence-electron chi connectivity index (χ2n) is 3.57. The summed E-state index contributed by atoms with van der Waals surface area (Å²) >= 11 is 0. The maximum absolute atomic E-state index is 11.7. The Bertz CT molecular complexity index is 523. The third-order valence-electron chi connectivity index (χ3n) is 2.14. The SMILES string of the molecule is C=CC(=O)OCCOCCOS(=O)(=O)c1ccccc1. The monoisotopic (exact) mass is 300 g/mol. The predicted molar refractivity (Wildman–Crippen MR) is 71.6 cm³/mol. The summed E-state index contributed by atoms with van der Waals surface area (Å²) in [5.74, 6) is -0.531. The molecule has 0 aliphatic rings. The second kappa shape index (κ2) is 8.47. The number of carbonyl (C=O) groups is 1. The first-order valence-electron chi connectivity index (χ1n) is 5.87. The minimum absolute atomic E-state index is 0.0797. The van der Waals surface area contributed by atoms with Gasteiger partial charge in [0.05, 0.1) is 24.7 Å². The van der Waals surface area contributed by atoms with E-state index in [9.17, 15) is 13.2 Å². The van der Waals surface area contributed by atoms with E-state index in [0.29, 0.717) is 0 Å². The lowest BCUT2D eigenvalue weighted by molar-refractivity contribution is -0.139. The van der Waals surface area contributed by atoms with Crippen LogP contribution in [0.1, 0.15) is 0 Å². The Hall–Kier alpha value is -1.70. The summed E-state index contributed by atoms with van der Waals surface area (Å²) in [5, 5.41) is 0. The topological polar surface area (TPSA) is 78.9 Å². The van der Waals surface area contributed by atoms with E-state index < -0.39 is 16.1 Å². The van der Waals surface area contributed by atoms with E-state index in [1.165, 1.54) is 12.1 Å². The fourth-order valence-corrected chi connectivity index (χ4v) is 2.13. The summed E-state index contributed by atoms with van der Waals surface area (Å²) in [4.78, 5) is 10.8. The van der Waals surface area contributed by atoms with Crippen LogP contribution in [0, 0.1) is 0 Å². The Morgan fingerprint density at radius 1 is 1.10 bits per heavy atom. The molecule has 1 aromatic rings. The van der Waals surface area contributed by atoms with Gasteiger partial charge in [0.15, 0.2) is 0 Å². The molecule has 0 unspecified atom stereocenters. The maximum atomic E-state index is 11.7. The molecule has 0 aliphatic carbocycles. The number of ether oxygens (including phenoxy) is 2. The van der Waals surface area contributed by atoms with Gasteiger partial charge in [0.2, 0.25) is 0 Å². The van der Waals surface area contributed by atoms with Crippen LogP contribution in [0.3, 0.4) is 0 Å². The van der Waals surface area contributed by atoms with E-state index in [1.54, 1.807) is 18.2 Å². The highest BCUT2D eigenvalue weighted by molar-refractivity contribution is 7.86. The van der Waals surface area contributed by atoms with Gasteiger partial charge in [0.1, 0.15) is 6.61 Å². The molecule has 1 aromatic carbocycles. The summed E-state index contributed by atoms with van der Waals surface area (Å²) in [6, 6.07) is 7.84. The number of benzene rings is 1. The van der Waals surface area contributed by atoms with Crippen LogP contribution in [0.5, 0.6) is 0 Å². The first kappa shape index (κ1) is 16.4. The average molecular weight is 300 g/mol. The van der Waals surface area contributed by atoms with Crippen molar-refractivity contribution >= 4 is 16.1 Å². The lowest BCUT2D eigenvalue weighted by atomic mass is 10.4. The maximum Gasteiger partial charge on any atom is 0.330 e. The largest absolute Gasteiger partial charge is 0.460 e. The molecule has 20 heavy (non-hydrogen) atoms. The molecule has 0 amide bonds. The smallest absolute Gasteiger partial charge is 0.330 e. The molecule has 0 bridgehead atoms. The summed E-state index contributed by atoms with van der Waals surface area (Å²) in [7, 11) is -3.75. The molecular formula is C13H16O6S. The molecule has 0 saturated heterocycles. The van der Waals surface area contributed by atoms with Gasteiger partial charge in [-0.25, -0.2) is 4.79 Å². The highest BCUT2D eigenvalue weighted by atomic mass is 32.2. The van der Waals surface area contributed by atoms with E-state index in [1.807, 2.05) is 0 Å². The Balaban J connectivity index is 2.18. The highest BCUT2D eigenvalue weighted by Crippen LogP contribution is 2.10. The van der Waals surface area contributed by atoms with E-state index in [-0.39, 0.29) is 31.3 Å². The zero-order valence-corrected chi connectivity index (χ0v) is 11.7. The molecule has 110 valence electrons. The Morgan fingerprint density at radius 2 is 1.75 bits per heavy atom. The van der Waals surface area contributed by atoms with Gasteiger partial charge in [-0.05, 0) is 12.1 Å². The Kier molecular flexibility index (Phi) is 6.92. The van der Waals surface area contributed by atoms with Gasteiger partial charge >= 0.3 is 5.97 Å². The number of hydrogen-bond donors (Lipinski definition) is 0. The van der Waals surface area contributed by atoms with Gasteiger partial charge in [-0.2, -0.15) is 8.42 Å². The Morgan fingerprint density at radius 3 is 2.40 bits per heavy atom. The normalized spacial score (nSPS) is 11.0. The van der Waals surface area contributed by atoms with Gasteiger partial charge in [-0.1, -0.05) is 24.8 Å². The van der Waals surface area contributed by atoms with Crippen LogP contribution in [0.4, 0.5) is 0 Å². The summed E-state index contributed by atoms with van der Waals surface area (Å²) in [6.07, 6.45) is 1.05. The molecule has 0 heterocycles. The number of hydrogen-bond acceptors (Lipinski definition) is 6. The van der Waals surface area contributed by atoms with Crippen LogP contribution in [-0.4, -0.2) is 40.8 Å². The minimum atomic E-state index is -3.75. The quantitative estimate of drug-likeness (QED) is 0.294. The van der Waals surface area contributed by atoms with E-state index in [0.717, 1.165) is 6.08 Å². The van der Waals surface area contributed by atoms with Crippen molar-refractivity contribution in [2.75, 3.05) is 26.4 Å². The molecule has 1 rings (SSSR count). The highest BCUT2D eigenvalue weighted by Gasteiger charge is 2.13. The van der Waals surface area contributed by atoms with Gasteiger partial charge in [0, 0.05) is 6.08 Å². The van der Waals surface area contributed by atoms with Gasteiger partial charge in [-0.15, -0.1) is 0 Å². The van der Waals surface area contributed by atoms with E-state index in [2.05, 4.69) is 11.3 Å². The fraction of sp³-hybridized carbons (Fsp3) is 0.308. The molecule has 0 aliphatic heterocycles. The lowest BCUT2D eigenvalue weighted by Crippen LogP contribution is -2.14. The van der Waals surface area contributed by atoms with Crippen LogP contribution in [0.15, 0.2) is 47.9 Å². The van der Waals surface area contributed by atoms with Crippen LogP contribution >= 0.6 is 0 Å².